The van der Waals surface area contributed by atoms with E-state index in [0.717, 1.165) is 39.2 Å². The number of carbonyl (C=O) groups is 1. The van der Waals surface area contributed by atoms with E-state index in [1.165, 1.54) is 16.5 Å². The van der Waals surface area contributed by atoms with E-state index in [2.05, 4.69) is 59.3 Å². The number of benzene rings is 1. The number of hydrogen-bond acceptors (Lipinski definition) is 3. The van der Waals surface area contributed by atoms with Crippen molar-refractivity contribution in [3.05, 3.63) is 36.0 Å². The van der Waals surface area contributed by atoms with Gasteiger partial charge in [0.05, 0.1) is 12.7 Å². The Balaban J connectivity index is 1.36. The Bertz CT molecular complexity index is 787. The van der Waals surface area contributed by atoms with Crippen LogP contribution in [0.5, 0.6) is 0 Å². The molecule has 140 valence electrons. The highest BCUT2D eigenvalue weighted by atomic mass is 16.5. The van der Waals surface area contributed by atoms with Crippen molar-refractivity contribution >= 4 is 16.9 Å². The lowest BCUT2D eigenvalue weighted by Crippen LogP contribution is -2.48. The zero-order valence-corrected chi connectivity index (χ0v) is 15.6. The summed E-state index contributed by atoms with van der Waals surface area (Å²) >= 11 is 0. The quantitative estimate of drug-likeness (QED) is 0.915. The van der Waals surface area contributed by atoms with Crippen molar-refractivity contribution in [2.24, 2.45) is 7.05 Å². The summed E-state index contributed by atoms with van der Waals surface area (Å²) in [6, 6.07) is 8.53. The van der Waals surface area contributed by atoms with Crippen LogP contribution in [0, 0.1) is 0 Å². The fourth-order valence-corrected chi connectivity index (χ4v) is 4.20. The molecule has 0 radical (unpaired) electrons. The molecule has 0 spiro atoms. The van der Waals surface area contributed by atoms with Crippen LogP contribution in [0.25, 0.3) is 10.9 Å². The Labute approximate surface area is 154 Å². The fourth-order valence-electron chi connectivity index (χ4n) is 4.20. The van der Waals surface area contributed by atoms with Crippen molar-refractivity contribution in [1.82, 2.24) is 19.7 Å². The van der Waals surface area contributed by atoms with Gasteiger partial charge in [0.2, 0.25) is 0 Å². The lowest BCUT2D eigenvalue weighted by molar-refractivity contribution is -0.0171. The predicted molar refractivity (Wildman–Crippen MR) is 102 cm³/mol. The molecule has 0 bridgehead atoms. The smallest absolute Gasteiger partial charge is 0.317 e. The molecule has 1 N–H and O–H groups in total. The van der Waals surface area contributed by atoms with Crippen molar-refractivity contribution < 1.29 is 9.53 Å². The number of aromatic nitrogens is 1. The molecule has 26 heavy (non-hydrogen) atoms. The van der Waals surface area contributed by atoms with E-state index in [0.29, 0.717) is 12.5 Å². The second-order valence-corrected chi connectivity index (χ2v) is 7.59. The van der Waals surface area contributed by atoms with Crippen LogP contribution in [0.15, 0.2) is 30.5 Å². The van der Waals surface area contributed by atoms with E-state index in [1.807, 2.05) is 4.90 Å². The first-order chi connectivity index (χ1) is 12.6. The van der Waals surface area contributed by atoms with Crippen molar-refractivity contribution in [1.29, 1.82) is 0 Å². The highest BCUT2D eigenvalue weighted by molar-refractivity contribution is 5.84. The molecule has 3 heterocycles. The summed E-state index contributed by atoms with van der Waals surface area (Å²) in [5.74, 6) is 0.406. The number of urea groups is 1. The van der Waals surface area contributed by atoms with Gasteiger partial charge in [-0.05, 0) is 25.1 Å². The summed E-state index contributed by atoms with van der Waals surface area (Å²) in [5, 5.41) is 4.37. The fraction of sp³-hybridized carbons (Fsp3) is 0.550. The molecule has 0 saturated carbocycles. The third-order valence-electron chi connectivity index (χ3n) is 5.67. The van der Waals surface area contributed by atoms with Crippen LogP contribution in [-0.2, 0) is 11.8 Å². The number of hydrogen-bond donors (Lipinski definition) is 1. The van der Waals surface area contributed by atoms with Gasteiger partial charge in [0.15, 0.2) is 0 Å². The lowest BCUT2D eigenvalue weighted by Gasteiger charge is -2.30. The second-order valence-electron chi connectivity index (χ2n) is 7.59. The zero-order chi connectivity index (χ0) is 18.1. The van der Waals surface area contributed by atoms with Crippen LogP contribution in [0.4, 0.5) is 4.79 Å². The van der Waals surface area contributed by atoms with Gasteiger partial charge >= 0.3 is 6.03 Å². The lowest BCUT2D eigenvalue weighted by atomic mass is 9.98. The van der Waals surface area contributed by atoms with Gasteiger partial charge in [-0.15, -0.1) is 0 Å². The molecule has 1 aromatic heterocycles. The van der Waals surface area contributed by atoms with E-state index in [9.17, 15) is 4.79 Å². The molecule has 2 aliphatic heterocycles. The number of para-hydroxylation sites is 1. The molecule has 0 aliphatic carbocycles. The number of likely N-dealkylation sites (tertiary alicyclic amines) is 1. The maximum Gasteiger partial charge on any atom is 0.317 e. The van der Waals surface area contributed by atoms with Crippen molar-refractivity contribution in [3.63, 3.8) is 0 Å². The minimum absolute atomic E-state index is 0.0320. The summed E-state index contributed by atoms with van der Waals surface area (Å²) in [6.07, 6.45) is 3.33. The Hall–Kier alpha value is -2.05. The molecule has 2 aromatic rings. The van der Waals surface area contributed by atoms with E-state index in [4.69, 9.17) is 4.74 Å². The van der Waals surface area contributed by atoms with Gasteiger partial charge in [-0.3, -0.25) is 0 Å². The molecule has 2 fully saturated rings. The number of nitrogens with one attached hydrogen (secondary N) is 1. The number of fused-ring (bicyclic) bond motifs is 1. The molecular formula is C20H28N4O2. The van der Waals surface area contributed by atoms with Crippen LogP contribution < -0.4 is 5.32 Å². The van der Waals surface area contributed by atoms with E-state index in [-0.39, 0.29) is 12.1 Å². The predicted octanol–water partition coefficient (Wildman–Crippen LogP) is 2.01. The first kappa shape index (κ1) is 17.4. The minimum atomic E-state index is 0.0320. The molecule has 1 aromatic carbocycles. The second kappa shape index (κ2) is 7.29. The van der Waals surface area contributed by atoms with Crippen LogP contribution in [0.2, 0.25) is 0 Å². The normalized spacial score (nSPS) is 24.3. The van der Waals surface area contributed by atoms with Crippen LogP contribution >= 0.6 is 0 Å². The van der Waals surface area contributed by atoms with Gasteiger partial charge in [0, 0.05) is 62.8 Å². The van der Waals surface area contributed by atoms with E-state index >= 15 is 0 Å². The Morgan fingerprint density at radius 3 is 2.92 bits per heavy atom. The van der Waals surface area contributed by atoms with Gasteiger partial charge in [-0.2, -0.15) is 0 Å². The average molecular weight is 356 g/mol. The summed E-state index contributed by atoms with van der Waals surface area (Å²) < 4.78 is 7.91. The molecule has 6 heteroatoms. The van der Waals surface area contributed by atoms with Crippen molar-refractivity contribution in [2.75, 3.05) is 46.4 Å². The molecule has 2 unspecified atom stereocenters. The third kappa shape index (κ3) is 3.44. The number of rotatable bonds is 3. The van der Waals surface area contributed by atoms with E-state index < -0.39 is 0 Å². The maximum absolute atomic E-state index is 12.6. The van der Waals surface area contributed by atoms with Gasteiger partial charge < -0.3 is 24.4 Å². The Morgan fingerprint density at radius 1 is 1.23 bits per heavy atom. The minimum Gasteiger partial charge on any atom is -0.374 e. The number of ether oxygens (including phenoxy) is 1. The number of carbonyl (C=O) groups excluding carboxylic acids is 1. The molecule has 2 aliphatic rings. The molecule has 6 nitrogen and oxygen atoms in total. The zero-order valence-electron chi connectivity index (χ0n) is 15.6. The van der Waals surface area contributed by atoms with Gasteiger partial charge in [-0.25, -0.2) is 4.79 Å². The average Bonchev–Trinajstić information content (AvgIpc) is 3.25. The third-order valence-corrected chi connectivity index (χ3v) is 5.67. The number of amides is 2. The highest BCUT2D eigenvalue weighted by Gasteiger charge is 2.29. The SMILES string of the molecule is CN1CCOC(CNC(=O)N2CCC(c3cn(C)c4ccccc34)C2)C1. The summed E-state index contributed by atoms with van der Waals surface area (Å²) in [4.78, 5) is 16.7. The summed E-state index contributed by atoms with van der Waals surface area (Å²) in [6.45, 7) is 4.75. The molecule has 2 saturated heterocycles. The number of nitrogens with zero attached hydrogens (tertiary/aromatic N) is 3. The molecular weight excluding hydrogens is 328 g/mol. The van der Waals surface area contributed by atoms with Gasteiger partial charge in [0.1, 0.15) is 0 Å². The molecule has 2 amide bonds. The maximum atomic E-state index is 12.6. The standard InChI is InChI=1S/C20H28N4O2/c1-22-9-10-26-16(13-22)11-21-20(25)24-8-7-15(12-24)18-14-23(2)19-6-4-3-5-17(18)19/h3-6,14-16H,7-13H2,1-2H3,(H,21,25). The van der Waals surface area contributed by atoms with Crippen LogP contribution in [0.1, 0.15) is 17.9 Å². The Kier molecular flexibility index (Phi) is 4.87. The van der Waals surface area contributed by atoms with Gasteiger partial charge in [0.25, 0.3) is 0 Å². The van der Waals surface area contributed by atoms with E-state index in [1.54, 1.807) is 0 Å². The molecule has 4 rings (SSSR count). The van der Waals surface area contributed by atoms with Gasteiger partial charge in [-0.1, -0.05) is 18.2 Å². The summed E-state index contributed by atoms with van der Waals surface area (Å²) in [5.41, 5.74) is 2.61. The van der Waals surface area contributed by atoms with Crippen molar-refractivity contribution in [2.45, 2.75) is 18.4 Å². The largest absolute Gasteiger partial charge is 0.374 e. The first-order valence-electron chi connectivity index (χ1n) is 9.48. The first-order valence-corrected chi connectivity index (χ1v) is 9.48. The summed E-state index contributed by atoms with van der Waals surface area (Å²) in [7, 11) is 4.18. The molecule has 2 atom stereocenters. The topological polar surface area (TPSA) is 49.7 Å². The Morgan fingerprint density at radius 2 is 2.08 bits per heavy atom. The number of likely N-dealkylation sites (N-methyl/N-ethyl adjacent to an activating group) is 1. The van der Waals surface area contributed by atoms with Crippen LogP contribution in [-0.4, -0.2) is 72.9 Å². The number of aryl methyl sites for hydroxylation is 1. The van der Waals surface area contributed by atoms with Crippen LogP contribution in [0.3, 0.4) is 0 Å². The number of morpholine rings is 1. The monoisotopic (exact) mass is 356 g/mol. The van der Waals surface area contributed by atoms with Crippen molar-refractivity contribution in [3.8, 4) is 0 Å². The highest BCUT2D eigenvalue weighted by Crippen LogP contribution is 2.33.